The van der Waals surface area contributed by atoms with E-state index in [9.17, 15) is 48.6 Å². The molecule has 1 fully saturated rings. The first kappa shape index (κ1) is 58.5. The molecule has 0 unspecified atom stereocenters. The van der Waals surface area contributed by atoms with E-state index in [2.05, 4.69) is 46.5 Å². The third kappa shape index (κ3) is 18.8. The highest BCUT2D eigenvalue weighted by atomic mass is 16.5. The Bertz CT molecular complexity index is 2560. The Labute approximate surface area is 440 Å². The van der Waals surface area contributed by atoms with Crippen LogP contribution in [0.25, 0.3) is 0 Å². The number of H-pyrrole nitrogens is 1. The van der Waals surface area contributed by atoms with E-state index in [1.54, 1.807) is 62.4 Å². The quantitative estimate of drug-likeness (QED) is 0.0155. The highest BCUT2D eigenvalue weighted by Gasteiger charge is 2.40. The summed E-state index contributed by atoms with van der Waals surface area (Å²) in [6.07, 6.45) is 6.75. The molecule has 76 heavy (non-hydrogen) atoms. The molecule has 408 valence electrons. The number of phenolic OH excluding ortho intramolecular Hbond substituents is 1. The minimum absolute atomic E-state index is 0.00394. The monoisotopic (exact) mass is 1050 g/mol. The van der Waals surface area contributed by atoms with E-state index in [0.717, 1.165) is 5.56 Å². The topological polar surface area (TPSA) is 356 Å². The van der Waals surface area contributed by atoms with Crippen molar-refractivity contribution >= 4 is 53.3 Å². The van der Waals surface area contributed by atoms with Gasteiger partial charge in [-0.2, -0.15) is 0 Å². The first-order valence-electron chi connectivity index (χ1n) is 25.5. The number of likely N-dealkylation sites (tertiary alicyclic amines) is 1. The first-order valence-corrected chi connectivity index (χ1v) is 25.5. The van der Waals surface area contributed by atoms with E-state index in [4.69, 9.17) is 16.2 Å². The molecule has 2 aromatic heterocycles. The average Bonchev–Trinajstić information content (AvgIpc) is 4.13. The van der Waals surface area contributed by atoms with Crippen LogP contribution >= 0.6 is 0 Å². The number of aromatic nitrogens is 3. The predicted molar refractivity (Wildman–Crippen MR) is 279 cm³/mol. The number of ether oxygens (including phenoxy) is 1. The number of alkyl carbamates (subject to hydrolysis) is 1. The summed E-state index contributed by atoms with van der Waals surface area (Å²) in [6, 6.07) is 12.4. The summed E-state index contributed by atoms with van der Waals surface area (Å²) in [6.45, 7) is 3.90. The first-order chi connectivity index (χ1) is 36.5. The van der Waals surface area contributed by atoms with Crippen molar-refractivity contribution < 1.29 is 53.3 Å². The molecule has 0 bridgehead atoms. The highest BCUT2D eigenvalue weighted by molar-refractivity contribution is 5.99. The fourth-order valence-corrected chi connectivity index (χ4v) is 8.61. The Balaban J connectivity index is 1.36. The molecule has 0 radical (unpaired) electrons. The summed E-state index contributed by atoms with van der Waals surface area (Å²) in [7, 11) is 0. The normalized spacial score (nSPS) is 15.3. The summed E-state index contributed by atoms with van der Waals surface area (Å²) >= 11 is 0. The zero-order chi connectivity index (χ0) is 55.0. The van der Waals surface area contributed by atoms with E-state index in [0.29, 0.717) is 30.5 Å². The SMILES string of the molecule is CC[C@H](C)[C@H](NC(=O)[C@@H]1CCCN1C(=O)[C@H](Cc1cnc[nH]1)NC(=O)[C@H](CCCCNC(=O)[C@H](CCCN=C(N)N)NC(=O)OCc1ccccc1)NC(=O)[C@@H](CC(=O)c1cccnc1)Cc1ccc(O)cc1)C(=O)O. The van der Waals surface area contributed by atoms with Gasteiger partial charge in [-0.3, -0.25) is 38.7 Å². The lowest BCUT2D eigenvalue weighted by molar-refractivity contribution is -0.146. The molecule has 1 saturated heterocycles. The van der Waals surface area contributed by atoms with Crippen molar-refractivity contribution in [3.8, 4) is 5.75 Å². The molecule has 0 spiro atoms. The van der Waals surface area contributed by atoms with Crippen LogP contribution in [0.3, 0.4) is 0 Å². The standard InChI is InChI=1S/C53H70N12O11/c1-3-33(2)45(51(73)74)64-49(71)43-17-11-25-65(43)50(72)42(28-38-30-57-32-60-38)62-48(70)41(61-46(68)37(26-34-18-20-39(66)21-19-34)27-44(67)36-14-9-22-56-29-36)15-7-8-23-58-47(69)40(16-10-24-59-52(54)55)63-53(75)76-31-35-12-5-4-6-13-35/h4-6,9,12-14,18-22,29-30,32-33,37,40-43,45,66H,3,7-8,10-11,15-17,23-28,31H2,1-2H3,(H,57,60)(H,58,69)(H,61,68)(H,62,70)(H,63,75)(H,64,71)(H,73,74)(H4,54,55,59)/t33-,37+,40-,41-,42-,43-,45-/m0/s1. The Morgan fingerprint density at radius 1 is 0.816 bits per heavy atom. The number of phenols is 1. The van der Waals surface area contributed by atoms with Crippen molar-refractivity contribution in [2.45, 2.75) is 121 Å². The molecule has 23 nitrogen and oxygen atoms in total. The summed E-state index contributed by atoms with van der Waals surface area (Å²) in [4.78, 5) is 126. The molecule has 6 amide bonds. The van der Waals surface area contributed by atoms with E-state index in [1.165, 1.54) is 42.0 Å². The number of carboxylic acids is 1. The number of carboxylic acid groups (broad SMARTS) is 1. The van der Waals surface area contributed by atoms with Crippen LogP contribution in [0.2, 0.25) is 0 Å². The lowest BCUT2D eigenvalue weighted by atomic mass is 9.91. The molecule has 5 rings (SSSR count). The van der Waals surface area contributed by atoms with Gasteiger partial charge in [0.05, 0.1) is 6.33 Å². The largest absolute Gasteiger partial charge is 0.508 e. The number of hydrogen-bond acceptors (Lipinski definition) is 13. The number of nitrogens with zero attached hydrogens (tertiary/aromatic N) is 4. The van der Waals surface area contributed by atoms with E-state index in [-0.39, 0.29) is 101 Å². The number of pyridine rings is 1. The van der Waals surface area contributed by atoms with Crippen molar-refractivity contribution in [3.63, 3.8) is 0 Å². The van der Waals surface area contributed by atoms with Crippen LogP contribution in [0.1, 0.15) is 98.8 Å². The number of carbonyl (C=O) groups is 8. The molecule has 4 aromatic rings. The number of carbonyl (C=O) groups excluding carboxylic acids is 7. The maximum absolute atomic E-state index is 14.7. The smallest absolute Gasteiger partial charge is 0.408 e. The van der Waals surface area contributed by atoms with Crippen LogP contribution in [-0.4, -0.2) is 133 Å². The third-order valence-corrected chi connectivity index (χ3v) is 13.0. The Hall–Kier alpha value is -8.37. The van der Waals surface area contributed by atoms with Crippen LogP contribution in [-0.2, 0) is 53.0 Å². The number of guanidine groups is 1. The zero-order valence-electron chi connectivity index (χ0n) is 42.8. The summed E-state index contributed by atoms with van der Waals surface area (Å²) in [5, 5.41) is 33.6. The second-order valence-corrected chi connectivity index (χ2v) is 18.7. The van der Waals surface area contributed by atoms with Crippen molar-refractivity contribution in [2.24, 2.45) is 28.3 Å². The predicted octanol–water partition coefficient (Wildman–Crippen LogP) is 2.40. The van der Waals surface area contributed by atoms with Gasteiger partial charge >= 0.3 is 12.1 Å². The number of aromatic amines is 1. The lowest BCUT2D eigenvalue weighted by Crippen LogP contribution is -2.58. The average molecular weight is 1050 g/mol. The van der Waals surface area contributed by atoms with E-state index < -0.39 is 83.6 Å². The molecule has 12 N–H and O–H groups in total. The number of amides is 6. The van der Waals surface area contributed by atoms with Gasteiger partial charge in [0.25, 0.3) is 0 Å². The number of hydrogen-bond donors (Lipinski definition) is 10. The van der Waals surface area contributed by atoms with Crippen molar-refractivity contribution in [1.29, 1.82) is 0 Å². The molecule has 1 aliphatic heterocycles. The number of nitrogens with two attached hydrogens (primary N) is 2. The minimum atomic E-state index is -1.31. The molecule has 3 heterocycles. The van der Waals surface area contributed by atoms with Gasteiger partial charge in [0.2, 0.25) is 29.5 Å². The summed E-state index contributed by atoms with van der Waals surface area (Å²) < 4.78 is 5.36. The molecule has 2 aromatic carbocycles. The maximum atomic E-state index is 14.7. The number of imidazole rings is 1. The van der Waals surface area contributed by atoms with Crippen LogP contribution in [0, 0.1) is 11.8 Å². The van der Waals surface area contributed by atoms with Crippen molar-refractivity contribution in [1.82, 2.24) is 46.4 Å². The molecule has 23 heteroatoms. The molecule has 0 saturated carbocycles. The van der Waals surface area contributed by atoms with Gasteiger partial charge in [0.1, 0.15) is 42.6 Å². The fraction of sp³-hybridized carbons (Fsp3) is 0.453. The van der Waals surface area contributed by atoms with Crippen molar-refractivity contribution in [2.75, 3.05) is 19.6 Å². The van der Waals surface area contributed by atoms with Crippen molar-refractivity contribution in [3.05, 3.63) is 114 Å². The fourth-order valence-electron chi connectivity index (χ4n) is 8.61. The third-order valence-electron chi connectivity index (χ3n) is 13.0. The van der Waals surface area contributed by atoms with Crippen LogP contribution in [0.5, 0.6) is 5.75 Å². The van der Waals surface area contributed by atoms with Gasteiger partial charge < -0.3 is 62.9 Å². The number of aliphatic carboxylic acids is 1. The summed E-state index contributed by atoms with van der Waals surface area (Å²) in [5.41, 5.74) is 13.0. The number of unbranched alkanes of at least 4 members (excludes halogenated alkanes) is 1. The van der Waals surface area contributed by atoms with Gasteiger partial charge in [-0.05, 0) is 92.7 Å². The zero-order valence-corrected chi connectivity index (χ0v) is 42.8. The van der Waals surface area contributed by atoms with Gasteiger partial charge in [-0.25, -0.2) is 14.6 Å². The number of Topliss-reactive ketones (excluding diaryl/α,β-unsaturated/α-hetero) is 1. The highest BCUT2D eigenvalue weighted by Crippen LogP contribution is 2.23. The van der Waals surface area contributed by atoms with E-state index >= 15 is 0 Å². The van der Waals surface area contributed by atoms with Crippen LogP contribution < -0.4 is 38.1 Å². The lowest BCUT2D eigenvalue weighted by Gasteiger charge is -2.31. The van der Waals surface area contributed by atoms with E-state index in [1.807, 2.05) is 6.07 Å². The van der Waals surface area contributed by atoms with Gasteiger partial charge in [0, 0.05) is 68.2 Å². The molecule has 0 aliphatic carbocycles. The Morgan fingerprint density at radius 2 is 1.54 bits per heavy atom. The number of ketones is 1. The second kappa shape index (κ2) is 30.1. The Morgan fingerprint density at radius 3 is 2.21 bits per heavy atom. The number of benzene rings is 2. The number of nitrogens with one attached hydrogen (secondary N) is 6. The van der Waals surface area contributed by atoms with Gasteiger partial charge in [0.15, 0.2) is 11.7 Å². The maximum Gasteiger partial charge on any atom is 0.408 e. The molecular weight excluding hydrogens is 981 g/mol. The molecule has 1 aliphatic rings. The van der Waals surface area contributed by atoms with Crippen LogP contribution in [0.4, 0.5) is 4.79 Å². The molecular formula is C53H70N12O11. The molecule has 7 atom stereocenters. The Kier molecular flexibility index (Phi) is 23.2. The minimum Gasteiger partial charge on any atom is -0.508 e. The number of aliphatic imine (C=N–C) groups is 1. The second-order valence-electron chi connectivity index (χ2n) is 18.7. The van der Waals surface area contributed by atoms with Crippen LogP contribution in [0.15, 0.2) is 96.6 Å². The van der Waals surface area contributed by atoms with Gasteiger partial charge in [-0.15, -0.1) is 0 Å². The number of aromatic hydroxyl groups is 1. The summed E-state index contributed by atoms with van der Waals surface area (Å²) in [5.74, 6) is -6.36. The van der Waals surface area contributed by atoms with Gasteiger partial charge in [-0.1, -0.05) is 62.7 Å². The number of rotatable bonds is 30.